The van der Waals surface area contributed by atoms with Gasteiger partial charge in [-0.05, 0) is 30.5 Å². The Hall–Kier alpha value is -2.28. The Morgan fingerprint density at radius 2 is 2.08 bits per heavy atom. The summed E-state index contributed by atoms with van der Waals surface area (Å²) in [5.41, 5.74) is 7.13. The molecule has 132 valence electrons. The molecular formula is C18H22N4O2S. The maximum absolute atomic E-state index is 12.7. The maximum atomic E-state index is 12.7. The van der Waals surface area contributed by atoms with Gasteiger partial charge in [-0.2, -0.15) is 0 Å². The zero-order valence-electron chi connectivity index (χ0n) is 14.2. The average Bonchev–Trinajstić information content (AvgIpc) is 3.04. The standard InChI is InChI=1S/C18H22N4O2S/c1-21-10-7-20-18(21)25-12-13-3-2-4-15(11-13)17(24)22-8-5-14(6-9-22)16(19)23/h2-4,7,10-11,14H,5-6,8-9,12H2,1H3,(H2,19,23). The van der Waals surface area contributed by atoms with E-state index < -0.39 is 0 Å². The molecule has 0 unspecified atom stereocenters. The number of rotatable bonds is 5. The minimum Gasteiger partial charge on any atom is -0.369 e. The molecule has 6 nitrogen and oxygen atoms in total. The topological polar surface area (TPSA) is 81.2 Å². The van der Waals surface area contributed by atoms with Crippen LogP contribution in [0.4, 0.5) is 0 Å². The highest BCUT2D eigenvalue weighted by atomic mass is 32.2. The van der Waals surface area contributed by atoms with Crippen LogP contribution in [0.25, 0.3) is 0 Å². The summed E-state index contributed by atoms with van der Waals surface area (Å²) in [6, 6.07) is 7.72. The Morgan fingerprint density at radius 1 is 1.32 bits per heavy atom. The fourth-order valence-electron chi connectivity index (χ4n) is 2.98. The van der Waals surface area contributed by atoms with Crippen molar-refractivity contribution in [1.29, 1.82) is 0 Å². The van der Waals surface area contributed by atoms with Gasteiger partial charge in [0.05, 0.1) is 0 Å². The number of primary amides is 1. The second kappa shape index (κ2) is 7.74. The Balaban J connectivity index is 1.62. The van der Waals surface area contributed by atoms with Crippen molar-refractivity contribution in [3.8, 4) is 0 Å². The quantitative estimate of drug-likeness (QED) is 0.830. The van der Waals surface area contributed by atoms with Crippen LogP contribution in [0.3, 0.4) is 0 Å². The van der Waals surface area contributed by atoms with Crippen molar-refractivity contribution in [3.63, 3.8) is 0 Å². The van der Waals surface area contributed by atoms with Gasteiger partial charge < -0.3 is 15.2 Å². The van der Waals surface area contributed by atoms with Gasteiger partial charge in [0.2, 0.25) is 5.91 Å². The normalized spacial score (nSPS) is 15.3. The van der Waals surface area contributed by atoms with E-state index in [1.165, 1.54) is 0 Å². The number of nitrogens with two attached hydrogens (primary N) is 1. The zero-order valence-corrected chi connectivity index (χ0v) is 15.0. The molecule has 0 atom stereocenters. The largest absolute Gasteiger partial charge is 0.369 e. The molecule has 2 aromatic rings. The lowest BCUT2D eigenvalue weighted by Gasteiger charge is -2.30. The fourth-order valence-corrected chi connectivity index (χ4v) is 3.86. The molecule has 2 heterocycles. The number of piperidine rings is 1. The molecule has 0 bridgehead atoms. The molecule has 1 fully saturated rings. The molecule has 1 aliphatic heterocycles. The van der Waals surface area contributed by atoms with Crippen molar-refractivity contribution >= 4 is 23.6 Å². The molecule has 1 aromatic heterocycles. The van der Waals surface area contributed by atoms with Gasteiger partial charge in [0, 0.05) is 49.8 Å². The summed E-state index contributed by atoms with van der Waals surface area (Å²) in [5.74, 6) is 0.409. The van der Waals surface area contributed by atoms with Crippen LogP contribution in [-0.4, -0.2) is 39.4 Å². The third-order valence-electron chi connectivity index (χ3n) is 4.50. The summed E-state index contributed by atoms with van der Waals surface area (Å²) in [5, 5.41) is 0.949. The third kappa shape index (κ3) is 4.22. The summed E-state index contributed by atoms with van der Waals surface area (Å²) < 4.78 is 1.97. The molecule has 3 rings (SSSR count). The minimum atomic E-state index is -0.264. The van der Waals surface area contributed by atoms with Crippen molar-refractivity contribution < 1.29 is 9.59 Å². The predicted molar refractivity (Wildman–Crippen MR) is 97.0 cm³/mol. The van der Waals surface area contributed by atoms with Gasteiger partial charge in [-0.25, -0.2) is 4.98 Å². The molecule has 1 saturated heterocycles. The summed E-state index contributed by atoms with van der Waals surface area (Å²) in [6.45, 7) is 1.16. The second-order valence-corrected chi connectivity index (χ2v) is 7.22. The van der Waals surface area contributed by atoms with Crippen molar-refractivity contribution in [2.45, 2.75) is 23.8 Å². The van der Waals surface area contributed by atoms with Crippen LogP contribution in [0.5, 0.6) is 0 Å². The van der Waals surface area contributed by atoms with Crippen LogP contribution in [0.2, 0.25) is 0 Å². The number of carbonyl (C=O) groups excluding carboxylic acids is 2. The maximum Gasteiger partial charge on any atom is 0.253 e. The van der Waals surface area contributed by atoms with Crippen LogP contribution in [0, 0.1) is 5.92 Å². The summed E-state index contributed by atoms with van der Waals surface area (Å²) in [6.07, 6.45) is 4.99. The molecule has 7 heteroatoms. The van der Waals surface area contributed by atoms with E-state index in [2.05, 4.69) is 4.98 Å². The van der Waals surface area contributed by atoms with Gasteiger partial charge in [-0.3, -0.25) is 9.59 Å². The highest BCUT2D eigenvalue weighted by Gasteiger charge is 2.26. The number of aryl methyl sites for hydroxylation is 1. The number of hydrogen-bond acceptors (Lipinski definition) is 4. The summed E-state index contributed by atoms with van der Waals surface area (Å²) in [4.78, 5) is 30.1. The summed E-state index contributed by atoms with van der Waals surface area (Å²) >= 11 is 1.64. The lowest BCUT2D eigenvalue weighted by molar-refractivity contribution is -0.123. The number of thioether (sulfide) groups is 1. The number of imidazole rings is 1. The molecule has 1 aliphatic rings. The number of amides is 2. The first-order valence-electron chi connectivity index (χ1n) is 8.32. The highest BCUT2D eigenvalue weighted by molar-refractivity contribution is 7.98. The van der Waals surface area contributed by atoms with Crippen molar-refractivity contribution in [1.82, 2.24) is 14.5 Å². The Labute approximate surface area is 151 Å². The molecule has 0 saturated carbocycles. The molecule has 2 N–H and O–H groups in total. The molecular weight excluding hydrogens is 336 g/mol. The van der Waals surface area contributed by atoms with Crippen LogP contribution in [-0.2, 0) is 17.6 Å². The van der Waals surface area contributed by atoms with Gasteiger partial charge in [0.1, 0.15) is 0 Å². The second-order valence-electron chi connectivity index (χ2n) is 6.28. The van der Waals surface area contributed by atoms with Gasteiger partial charge >= 0.3 is 0 Å². The summed E-state index contributed by atoms with van der Waals surface area (Å²) in [7, 11) is 1.96. The number of aromatic nitrogens is 2. The van der Waals surface area contributed by atoms with Crippen LogP contribution < -0.4 is 5.73 Å². The van der Waals surface area contributed by atoms with E-state index in [1.54, 1.807) is 18.0 Å². The van der Waals surface area contributed by atoms with Gasteiger partial charge in [-0.1, -0.05) is 23.9 Å². The fraction of sp³-hybridized carbons (Fsp3) is 0.389. The number of benzene rings is 1. The Bertz CT molecular complexity index is 766. The first kappa shape index (κ1) is 17.5. The van der Waals surface area contributed by atoms with Crippen LogP contribution >= 0.6 is 11.8 Å². The lowest BCUT2D eigenvalue weighted by atomic mass is 9.96. The van der Waals surface area contributed by atoms with Gasteiger partial charge in [0.25, 0.3) is 5.91 Å². The average molecular weight is 358 g/mol. The van der Waals surface area contributed by atoms with Crippen LogP contribution in [0.1, 0.15) is 28.8 Å². The van der Waals surface area contributed by atoms with Crippen LogP contribution in [0.15, 0.2) is 41.8 Å². The monoisotopic (exact) mass is 358 g/mol. The number of nitrogens with zero attached hydrogens (tertiary/aromatic N) is 3. The van der Waals surface area contributed by atoms with E-state index >= 15 is 0 Å². The molecule has 0 radical (unpaired) electrons. The molecule has 0 spiro atoms. The highest BCUT2D eigenvalue weighted by Crippen LogP contribution is 2.23. The Kier molecular flexibility index (Phi) is 5.43. The van der Waals surface area contributed by atoms with E-state index in [1.807, 2.05) is 47.0 Å². The molecule has 0 aliphatic carbocycles. The number of carbonyl (C=O) groups is 2. The number of likely N-dealkylation sites (tertiary alicyclic amines) is 1. The van der Waals surface area contributed by atoms with Crippen molar-refractivity contribution in [2.24, 2.45) is 18.7 Å². The molecule has 25 heavy (non-hydrogen) atoms. The van der Waals surface area contributed by atoms with Crippen molar-refractivity contribution in [3.05, 3.63) is 47.8 Å². The van der Waals surface area contributed by atoms with E-state index in [4.69, 9.17) is 5.73 Å². The van der Waals surface area contributed by atoms with E-state index in [0.29, 0.717) is 31.5 Å². The molecule has 2 amide bonds. The smallest absolute Gasteiger partial charge is 0.253 e. The number of hydrogen-bond donors (Lipinski definition) is 1. The van der Waals surface area contributed by atoms with E-state index in [9.17, 15) is 9.59 Å². The van der Waals surface area contributed by atoms with Gasteiger partial charge in [0.15, 0.2) is 5.16 Å². The first-order valence-corrected chi connectivity index (χ1v) is 9.31. The molecule has 1 aromatic carbocycles. The van der Waals surface area contributed by atoms with Gasteiger partial charge in [-0.15, -0.1) is 0 Å². The first-order chi connectivity index (χ1) is 12.0. The lowest BCUT2D eigenvalue weighted by Crippen LogP contribution is -2.41. The van der Waals surface area contributed by atoms with E-state index in [-0.39, 0.29) is 17.7 Å². The SMILES string of the molecule is Cn1ccnc1SCc1cccc(C(=O)N2CCC(C(N)=O)CC2)c1. The van der Waals surface area contributed by atoms with Crippen molar-refractivity contribution in [2.75, 3.05) is 13.1 Å². The zero-order chi connectivity index (χ0) is 17.8. The predicted octanol–water partition coefficient (Wildman–Crippen LogP) is 2.05. The minimum absolute atomic E-state index is 0.0202. The van der Waals surface area contributed by atoms with E-state index in [0.717, 1.165) is 16.5 Å². The Morgan fingerprint density at radius 3 is 2.72 bits per heavy atom. The third-order valence-corrected chi connectivity index (χ3v) is 5.63.